The minimum absolute atomic E-state index is 0.140. The minimum Gasteiger partial charge on any atom is -0.468 e. The molecule has 0 rings (SSSR count). The van der Waals surface area contributed by atoms with E-state index in [4.69, 9.17) is 6.42 Å². The summed E-state index contributed by atoms with van der Waals surface area (Å²) in [6.45, 7) is 0. The Morgan fingerprint density at radius 1 is 1.53 bits per heavy atom. The highest BCUT2D eigenvalue weighted by molar-refractivity contribution is 8.00. The summed E-state index contributed by atoms with van der Waals surface area (Å²) in [5.41, 5.74) is 0. The van der Waals surface area contributed by atoms with Crippen molar-refractivity contribution in [3.05, 3.63) is 0 Å². The molecule has 0 heterocycles. The maximum absolute atomic E-state index is 11.9. The summed E-state index contributed by atoms with van der Waals surface area (Å²) in [6.07, 6.45) is 1.53. The van der Waals surface area contributed by atoms with Crippen molar-refractivity contribution in [2.45, 2.75) is 37.1 Å². The number of alkyl halides is 3. The van der Waals surface area contributed by atoms with E-state index >= 15 is 0 Å². The molecular formula is C11H15F3O2S. The number of halogens is 3. The maximum Gasteiger partial charge on any atom is 0.389 e. The number of rotatable bonds is 7. The third-order valence-electron chi connectivity index (χ3n) is 1.96. The van der Waals surface area contributed by atoms with Gasteiger partial charge in [0.1, 0.15) is 5.25 Å². The molecule has 0 spiro atoms. The maximum atomic E-state index is 11.9. The van der Waals surface area contributed by atoms with Crippen LogP contribution in [0, 0.1) is 12.3 Å². The van der Waals surface area contributed by atoms with Crippen LogP contribution in [0.2, 0.25) is 0 Å². The number of hydrogen-bond acceptors (Lipinski definition) is 3. The van der Waals surface area contributed by atoms with Gasteiger partial charge in [0, 0.05) is 12.2 Å². The molecule has 0 amide bonds. The molecule has 0 aromatic carbocycles. The van der Waals surface area contributed by atoms with Crippen molar-refractivity contribution in [3.8, 4) is 12.3 Å². The Kier molecular flexibility index (Phi) is 7.88. The van der Waals surface area contributed by atoms with Crippen molar-refractivity contribution >= 4 is 17.7 Å². The molecule has 0 fully saturated rings. The topological polar surface area (TPSA) is 26.3 Å². The van der Waals surface area contributed by atoms with Gasteiger partial charge in [0.25, 0.3) is 0 Å². The molecule has 2 nitrogen and oxygen atoms in total. The van der Waals surface area contributed by atoms with E-state index in [1.165, 1.54) is 7.11 Å². The van der Waals surface area contributed by atoms with E-state index in [1.807, 2.05) is 0 Å². The Balaban J connectivity index is 4.03. The monoisotopic (exact) mass is 268 g/mol. The Bertz CT molecular complexity index is 271. The van der Waals surface area contributed by atoms with Crippen LogP contribution >= 0.6 is 11.8 Å². The van der Waals surface area contributed by atoms with Gasteiger partial charge in [-0.15, -0.1) is 24.1 Å². The molecule has 98 valence electrons. The lowest BCUT2D eigenvalue weighted by Crippen LogP contribution is -2.20. The third kappa shape index (κ3) is 8.93. The van der Waals surface area contributed by atoms with Crippen LogP contribution in [0.25, 0.3) is 0 Å². The number of methoxy groups -OCH3 is 1. The quantitative estimate of drug-likeness (QED) is 0.403. The van der Waals surface area contributed by atoms with Gasteiger partial charge in [-0.25, -0.2) is 0 Å². The van der Waals surface area contributed by atoms with Crippen LogP contribution in [-0.2, 0) is 9.53 Å². The van der Waals surface area contributed by atoms with E-state index in [9.17, 15) is 18.0 Å². The van der Waals surface area contributed by atoms with E-state index in [0.29, 0.717) is 19.3 Å². The highest BCUT2D eigenvalue weighted by atomic mass is 32.2. The fourth-order valence-electron chi connectivity index (χ4n) is 1.11. The van der Waals surface area contributed by atoms with Gasteiger partial charge in [0.2, 0.25) is 0 Å². The summed E-state index contributed by atoms with van der Waals surface area (Å²) in [4.78, 5) is 11.3. The van der Waals surface area contributed by atoms with Gasteiger partial charge in [-0.1, -0.05) is 0 Å². The van der Waals surface area contributed by atoms with Crippen molar-refractivity contribution < 1.29 is 22.7 Å². The van der Waals surface area contributed by atoms with Crippen molar-refractivity contribution in [3.63, 3.8) is 0 Å². The summed E-state index contributed by atoms with van der Waals surface area (Å²) >= 11 is 0.968. The van der Waals surface area contributed by atoms with Gasteiger partial charge in [0.05, 0.1) is 13.5 Å². The summed E-state index contributed by atoms with van der Waals surface area (Å²) < 4.78 is 40.4. The lowest BCUT2D eigenvalue weighted by Gasteiger charge is -2.14. The molecule has 0 aromatic rings. The average Bonchev–Trinajstić information content (AvgIpc) is 2.24. The third-order valence-corrected chi connectivity index (χ3v) is 3.23. The number of hydrogen-bond donors (Lipinski definition) is 0. The Hall–Kier alpha value is -0.830. The molecule has 0 radical (unpaired) electrons. The van der Waals surface area contributed by atoms with Gasteiger partial charge in [-0.3, -0.25) is 4.79 Å². The van der Waals surface area contributed by atoms with Gasteiger partial charge in [-0.05, 0) is 12.8 Å². The molecule has 0 aliphatic rings. The number of carbonyl (C=O) groups excluding carboxylic acids is 1. The molecule has 1 unspecified atom stereocenters. The number of carbonyl (C=O) groups is 1. The molecular weight excluding hydrogens is 253 g/mol. The summed E-state index contributed by atoms with van der Waals surface area (Å²) in [6, 6.07) is 0. The van der Waals surface area contributed by atoms with Crippen LogP contribution in [0.5, 0.6) is 0 Å². The van der Waals surface area contributed by atoms with Gasteiger partial charge in [-0.2, -0.15) is 13.2 Å². The van der Waals surface area contributed by atoms with E-state index in [-0.39, 0.29) is 5.75 Å². The zero-order valence-electron chi connectivity index (χ0n) is 9.55. The zero-order chi connectivity index (χ0) is 13.3. The van der Waals surface area contributed by atoms with Crippen LogP contribution in [0.4, 0.5) is 13.2 Å². The summed E-state index contributed by atoms with van der Waals surface area (Å²) in [7, 11) is 1.22. The van der Waals surface area contributed by atoms with E-state index in [2.05, 4.69) is 10.7 Å². The molecule has 0 saturated carbocycles. The first-order valence-corrected chi connectivity index (χ1v) is 6.15. The molecule has 6 heteroatoms. The molecule has 0 saturated heterocycles. The van der Waals surface area contributed by atoms with Crippen molar-refractivity contribution in [1.82, 2.24) is 0 Å². The second-order valence-electron chi connectivity index (χ2n) is 3.34. The Morgan fingerprint density at radius 3 is 2.65 bits per heavy atom. The van der Waals surface area contributed by atoms with E-state index in [0.717, 1.165) is 11.8 Å². The fraction of sp³-hybridized carbons (Fsp3) is 0.727. The lowest BCUT2D eigenvalue weighted by molar-refractivity contribution is -0.140. The average molecular weight is 268 g/mol. The summed E-state index contributed by atoms with van der Waals surface area (Å²) in [5, 5.41) is -0.560. The first-order chi connectivity index (χ1) is 7.90. The van der Waals surface area contributed by atoms with Gasteiger partial charge in [0.15, 0.2) is 0 Å². The summed E-state index contributed by atoms with van der Waals surface area (Å²) in [5.74, 6) is 1.79. The molecule has 1 atom stereocenters. The fourth-order valence-corrected chi connectivity index (χ4v) is 2.31. The van der Waals surface area contributed by atoms with Crippen LogP contribution in [0.15, 0.2) is 0 Å². The minimum atomic E-state index is -4.19. The highest BCUT2D eigenvalue weighted by Gasteiger charge is 2.28. The predicted molar refractivity (Wildman–Crippen MR) is 61.6 cm³/mol. The largest absolute Gasteiger partial charge is 0.468 e. The van der Waals surface area contributed by atoms with Crippen molar-refractivity contribution in [2.75, 3.05) is 12.9 Å². The molecule has 0 bridgehead atoms. The first-order valence-electron chi connectivity index (χ1n) is 5.10. The second kappa shape index (κ2) is 8.29. The molecule has 0 aromatic heterocycles. The molecule has 17 heavy (non-hydrogen) atoms. The van der Waals surface area contributed by atoms with Crippen LogP contribution in [0.3, 0.4) is 0 Å². The number of ether oxygens (including phenoxy) is 1. The van der Waals surface area contributed by atoms with Crippen LogP contribution in [-0.4, -0.2) is 30.3 Å². The number of thioether (sulfide) groups is 1. The van der Waals surface area contributed by atoms with Crippen LogP contribution in [0.1, 0.15) is 25.7 Å². The van der Waals surface area contributed by atoms with E-state index < -0.39 is 23.8 Å². The van der Waals surface area contributed by atoms with Gasteiger partial charge >= 0.3 is 12.1 Å². The molecule has 0 N–H and O–H groups in total. The number of esters is 1. The number of unbranched alkanes of at least 4 members (excludes halogenated alkanes) is 1. The SMILES string of the molecule is C#CCCCC(SCCC(F)(F)F)C(=O)OC. The Morgan fingerprint density at radius 2 is 2.18 bits per heavy atom. The highest BCUT2D eigenvalue weighted by Crippen LogP contribution is 2.26. The van der Waals surface area contributed by atoms with Crippen molar-refractivity contribution in [2.24, 2.45) is 0 Å². The number of terminal acetylenes is 1. The van der Waals surface area contributed by atoms with Crippen molar-refractivity contribution in [1.29, 1.82) is 0 Å². The lowest BCUT2D eigenvalue weighted by atomic mass is 10.2. The Labute approximate surface area is 103 Å². The molecule has 0 aliphatic heterocycles. The first kappa shape index (κ1) is 16.2. The van der Waals surface area contributed by atoms with E-state index in [1.54, 1.807) is 0 Å². The second-order valence-corrected chi connectivity index (χ2v) is 4.65. The zero-order valence-corrected chi connectivity index (χ0v) is 10.4. The predicted octanol–water partition coefficient (Wildman–Crippen LogP) is 3.02. The van der Waals surface area contributed by atoms with Gasteiger partial charge < -0.3 is 4.74 Å². The molecule has 0 aliphatic carbocycles. The smallest absolute Gasteiger partial charge is 0.389 e. The van der Waals surface area contributed by atoms with Crippen LogP contribution < -0.4 is 0 Å². The normalized spacial score (nSPS) is 12.9. The standard InChI is InChI=1S/C11H15F3O2S/c1-3-4-5-6-9(10(15)16-2)17-8-7-11(12,13)14/h1,9H,4-8H2,2H3.